The summed E-state index contributed by atoms with van der Waals surface area (Å²) >= 11 is 0. The molecule has 0 fully saturated rings. The molecule has 0 aliphatic carbocycles. The smallest absolute Gasteiger partial charge is 0.161 e. The van der Waals surface area contributed by atoms with Gasteiger partial charge in [-0.1, -0.05) is 20.8 Å². The van der Waals surface area contributed by atoms with Crippen molar-refractivity contribution in [1.29, 1.82) is 0 Å². The second-order valence-electron chi connectivity index (χ2n) is 4.79. The van der Waals surface area contributed by atoms with Crippen molar-refractivity contribution in [1.82, 2.24) is 9.78 Å². The van der Waals surface area contributed by atoms with E-state index in [1.807, 2.05) is 4.68 Å². The van der Waals surface area contributed by atoms with Gasteiger partial charge in [-0.05, 0) is 12.3 Å². The Morgan fingerprint density at radius 3 is 2.50 bits per heavy atom. The molecule has 104 valence electrons. The van der Waals surface area contributed by atoms with Gasteiger partial charge in [0.1, 0.15) is 0 Å². The molecule has 0 aromatic carbocycles. The number of rotatable bonds is 7. The molecule has 0 amide bonds. The first-order chi connectivity index (χ1) is 8.56. The van der Waals surface area contributed by atoms with Crippen LogP contribution in [0.1, 0.15) is 38.9 Å². The Balaban J connectivity index is 3.08. The van der Waals surface area contributed by atoms with Crippen molar-refractivity contribution in [3.63, 3.8) is 0 Å². The lowest BCUT2D eigenvalue weighted by molar-refractivity contribution is 0.0407. The molecule has 2 atom stereocenters. The van der Waals surface area contributed by atoms with Crippen LogP contribution in [0.5, 0.6) is 5.75 Å². The number of nitrogens with two attached hydrogens (primary N) is 1. The van der Waals surface area contributed by atoms with E-state index in [0.717, 1.165) is 24.4 Å². The van der Waals surface area contributed by atoms with Crippen LogP contribution in [0.4, 0.5) is 0 Å². The summed E-state index contributed by atoms with van der Waals surface area (Å²) in [6, 6.07) is -0.237. The zero-order valence-electron chi connectivity index (χ0n) is 12.0. The standard InChI is InChI=1S/C13H25N3O2/c1-6-7-16-12(10(17-4)8-15-16)11(14)13(18-5)9(2)3/h8-9,11,13H,6-7,14H2,1-5H3. The lowest BCUT2D eigenvalue weighted by atomic mass is 9.97. The maximum absolute atomic E-state index is 6.34. The number of aromatic nitrogens is 2. The highest BCUT2D eigenvalue weighted by molar-refractivity contribution is 5.29. The predicted octanol–water partition coefficient (Wildman–Crippen LogP) is 1.97. The summed E-state index contributed by atoms with van der Waals surface area (Å²) in [5.41, 5.74) is 7.25. The zero-order valence-corrected chi connectivity index (χ0v) is 12.0. The second-order valence-corrected chi connectivity index (χ2v) is 4.79. The normalized spacial score (nSPS) is 14.8. The molecule has 1 heterocycles. The van der Waals surface area contributed by atoms with E-state index in [9.17, 15) is 0 Å². The molecule has 5 heteroatoms. The first kappa shape index (κ1) is 15.0. The van der Waals surface area contributed by atoms with Crippen molar-refractivity contribution in [3.05, 3.63) is 11.9 Å². The molecule has 0 spiro atoms. The summed E-state index contributed by atoms with van der Waals surface area (Å²) in [7, 11) is 3.33. The minimum absolute atomic E-state index is 0.0498. The van der Waals surface area contributed by atoms with Crippen LogP contribution in [0.25, 0.3) is 0 Å². The van der Waals surface area contributed by atoms with Gasteiger partial charge in [0.25, 0.3) is 0 Å². The predicted molar refractivity (Wildman–Crippen MR) is 71.6 cm³/mol. The molecule has 1 rings (SSSR count). The molecular weight excluding hydrogens is 230 g/mol. The van der Waals surface area contributed by atoms with Gasteiger partial charge in [0.15, 0.2) is 5.75 Å². The fourth-order valence-corrected chi connectivity index (χ4v) is 2.25. The Hall–Kier alpha value is -1.07. The number of hydrogen-bond acceptors (Lipinski definition) is 4. The van der Waals surface area contributed by atoms with E-state index in [4.69, 9.17) is 15.2 Å². The number of hydrogen-bond donors (Lipinski definition) is 1. The molecule has 0 bridgehead atoms. The average Bonchev–Trinajstić information content (AvgIpc) is 2.72. The van der Waals surface area contributed by atoms with E-state index in [2.05, 4.69) is 25.9 Å². The van der Waals surface area contributed by atoms with Crippen LogP contribution in [0.3, 0.4) is 0 Å². The molecule has 18 heavy (non-hydrogen) atoms. The van der Waals surface area contributed by atoms with Crippen LogP contribution >= 0.6 is 0 Å². The Bertz CT molecular complexity index is 363. The Labute approximate surface area is 109 Å². The molecule has 2 N–H and O–H groups in total. The lowest BCUT2D eigenvalue weighted by Gasteiger charge is -2.27. The van der Waals surface area contributed by atoms with Crippen LogP contribution in [-0.2, 0) is 11.3 Å². The van der Waals surface area contributed by atoms with Gasteiger partial charge in [-0.25, -0.2) is 0 Å². The van der Waals surface area contributed by atoms with Crippen molar-refractivity contribution in [2.24, 2.45) is 11.7 Å². The van der Waals surface area contributed by atoms with Crippen LogP contribution in [0.15, 0.2) is 6.20 Å². The molecular formula is C13H25N3O2. The highest BCUT2D eigenvalue weighted by atomic mass is 16.5. The fraction of sp³-hybridized carbons (Fsp3) is 0.769. The molecule has 0 aliphatic rings. The Morgan fingerprint density at radius 1 is 1.39 bits per heavy atom. The molecule has 1 aromatic rings. The van der Waals surface area contributed by atoms with E-state index in [-0.39, 0.29) is 12.1 Å². The summed E-state index contributed by atoms with van der Waals surface area (Å²) in [5.74, 6) is 1.07. The van der Waals surface area contributed by atoms with Gasteiger partial charge in [-0.2, -0.15) is 5.10 Å². The van der Waals surface area contributed by atoms with E-state index < -0.39 is 0 Å². The van der Waals surface area contributed by atoms with Crippen LogP contribution in [0, 0.1) is 5.92 Å². The number of nitrogens with zero attached hydrogens (tertiary/aromatic N) is 2. The van der Waals surface area contributed by atoms with Gasteiger partial charge in [0.05, 0.1) is 31.1 Å². The SMILES string of the molecule is CCCn1ncc(OC)c1C(N)C(OC)C(C)C. The lowest BCUT2D eigenvalue weighted by Crippen LogP contribution is -2.34. The van der Waals surface area contributed by atoms with Gasteiger partial charge in [-0.15, -0.1) is 0 Å². The topological polar surface area (TPSA) is 62.3 Å². The monoisotopic (exact) mass is 255 g/mol. The Kier molecular flexibility index (Phi) is 5.62. The third kappa shape index (κ3) is 3.03. The van der Waals surface area contributed by atoms with E-state index in [0.29, 0.717) is 5.92 Å². The number of methoxy groups -OCH3 is 2. The van der Waals surface area contributed by atoms with Gasteiger partial charge in [-0.3, -0.25) is 4.68 Å². The molecule has 0 aliphatic heterocycles. The Morgan fingerprint density at radius 2 is 2.06 bits per heavy atom. The molecule has 0 radical (unpaired) electrons. The highest BCUT2D eigenvalue weighted by Gasteiger charge is 2.28. The zero-order chi connectivity index (χ0) is 13.7. The number of aryl methyl sites for hydroxylation is 1. The summed E-state index contributed by atoms with van der Waals surface area (Å²) in [6.07, 6.45) is 2.67. The summed E-state index contributed by atoms with van der Waals surface area (Å²) in [4.78, 5) is 0. The van der Waals surface area contributed by atoms with Gasteiger partial charge >= 0.3 is 0 Å². The summed E-state index contributed by atoms with van der Waals surface area (Å²) < 4.78 is 12.8. The van der Waals surface area contributed by atoms with Gasteiger partial charge in [0.2, 0.25) is 0 Å². The highest BCUT2D eigenvalue weighted by Crippen LogP contribution is 2.29. The third-order valence-corrected chi connectivity index (χ3v) is 3.10. The summed E-state index contributed by atoms with van der Waals surface area (Å²) in [6.45, 7) is 7.14. The molecule has 0 saturated heterocycles. The molecule has 0 saturated carbocycles. The number of ether oxygens (including phenoxy) is 2. The fourth-order valence-electron chi connectivity index (χ4n) is 2.25. The van der Waals surface area contributed by atoms with E-state index in [1.54, 1.807) is 20.4 Å². The quantitative estimate of drug-likeness (QED) is 0.809. The van der Waals surface area contributed by atoms with Gasteiger partial charge in [0, 0.05) is 13.7 Å². The first-order valence-electron chi connectivity index (χ1n) is 6.44. The van der Waals surface area contributed by atoms with Crippen molar-refractivity contribution in [3.8, 4) is 5.75 Å². The van der Waals surface area contributed by atoms with Gasteiger partial charge < -0.3 is 15.2 Å². The third-order valence-electron chi connectivity index (χ3n) is 3.10. The largest absolute Gasteiger partial charge is 0.493 e. The molecule has 1 aromatic heterocycles. The van der Waals surface area contributed by atoms with E-state index in [1.165, 1.54) is 0 Å². The average molecular weight is 255 g/mol. The van der Waals surface area contributed by atoms with Crippen molar-refractivity contribution >= 4 is 0 Å². The first-order valence-corrected chi connectivity index (χ1v) is 6.44. The summed E-state index contributed by atoms with van der Waals surface area (Å²) in [5, 5.41) is 4.33. The van der Waals surface area contributed by atoms with Crippen LogP contribution in [-0.4, -0.2) is 30.1 Å². The minimum Gasteiger partial charge on any atom is -0.493 e. The maximum atomic E-state index is 6.34. The van der Waals surface area contributed by atoms with Crippen molar-refractivity contribution < 1.29 is 9.47 Å². The van der Waals surface area contributed by atoms with Crippen molar-refractivity contribution in [2.45, 2.75) is 45.9 Å². The second kappa shape index (κ2) is 6.75. The van der Waals surface area contributed by atoms with Crippen LogP contribution in [0.2, 0.25) is 0 Å². The molecule has 2 unspecified atom stereocenters. The maximum Gasteiger partial charge on any atom is 0.161 e. The minimum atomic E-state index is -0.237. The van der Waals surface area contributed by atoms with Crippen molar-refractivity contribution in [2.75, 3.05) is 14.2 Å². The molecule has 5 nitrogen and oxygen atoms in total. The van der Waals surface area contributed by atoms with Crippen LogP contribution < -0.4 is 10.5 Å². The van der Waals surface area contributed by atoms with E-state index >= 15 is 0 Å².